The van der Waals surface area contributed by atoms with Crippen LogP contribution in [0.1, 0.15) is 0 Å². The molecular weight excluding hydrogens is 765 g/mol. The van der Waals surface area contributed by atoms with Crippen molar-refractivity contribution in [3.8, 4) is 78.7 Å². The molecule has 8 aromatic carbocycles. The van der Waals surface area contributed by atoms with Gasteiger partial charge in [-0.15, -0.1) is 0 Å². The minimum atomic E-state index is -1.83. The molecule has 0 aliphatic carbocycles. The van der Waals surface area contributed by atoms with Gasteiger partial charge < -0.3 is 0 Å². The molecule has 0 unspecified atom stereocenters. The molecule has 3 nitrogen and oxygen atoms in total. The van der Waals surface area contributed by atoms with Gasteiger partial charge in [-0.05, 0) is 11.1 Å². The Labute approximate surface area is 334 Å². The van der Waals surface area contributed by atoms with Crippen molar-refractivity contribution in [2.24, 2.45) is 0 Å². The molecule has 1 aliphatic heterocycles. The van der Waals surface area contributed by atoms with Crippen molar-refractivity contribution in [3.63, 3.8) is 0 Å². The van der Waals surface area contributed by atoms with E-state index in [9.17, 15) is 0 Å². The fourth-order valence-corrected chi connectivity index (χ4v) is 13.5. The van der Waals surface area contributed by atoms with Crippen molar-refractivity contribution in [1.82, 2.24) is 15.0 Å². The predicted octanol–water partition coefficient (Wildman–Crippen LogP) is 11.2. The summed E-state index contributed by atoms with van der Waals surface area (Å²) in [7, 11) is 0. The molecule has 0 fully saturated rings. The van der Waals surface area contributed by atoms with Gasteiger partial charge in [-0.1, -0.05) is 84.9 Å². The molecule has 0 amide bonds. The van der Waals surface area contributed by atoms with Crippen molar-refractivity contribution >= 4 is 36.5 Å². The van der Waals surface area contributed by atoms with Crippen LogP contribution < -0.4 is 15.9 Å². The zero-order valence-corrected chi connectivity index (χ0v) is 32.9. The van der Waals surface area contributed by atoms with Crippen molar-refractivity contribution in [3.05, 3.63) is 206 Å². The molecule has 0 radical (unpaired) electrons. The van der Waals surface area contributed by atoms with Gasteiger partial charge in [0.15, 0.2) is 17.5 Å². The summed E-state index contributed by atoms with van der Waals surface area (Å²) in [5.74, 6) is 1.94. The number of rotatable bonds is 7. The third kappa shape index (κ3) is 6.19. The molecule has 0 atom stereocenters. The van der Waals surface area contributed by atoms with Gasteiger partial charge in [-0.2, -0.15) is 0 Å². The van der Waals surface area contributed by atoms with Crippen LogP contribution >= 0.6 is 5.51 Å². The molecule has 56 heavy (non-hydrogen) atoms. The second-order valence-corrected chi connectivity index (χ2v) is 20.1. The molecule has 1 aromatic heterocycles. The van der Waals surface area contributed by atoms with Gasteiger partial charge in [0.1, 0.15) is 0 Å². The maximum absolute atomic E-state index is 4.99. The van der Waals surface area contributed by atoms with E-state index in [1.807, 2.05) is 36.4 Å². The first-order valence-electron chi connectivity index (χ1n) is 18.7. The van der Waals surface area contributed by atoms with Crippen LogP contribution in [0.15, 0.2) is 206 Å². The molecule has 264 valence electrons. The molecule has 9 aromatic rings. The van der Waals surface area contributed by atoms with Crippen LogP contribution in [0.3, 0.4) is 0 Å². The van der Waals surface area contributed by atoms with E-state index in [4.69, 9.17) is 15.0 Å². The zero-order chi connectivity index (χ0) is 37.5. The summed E-state index contributed by atoms with van der Waals surface area (Å²) in [6, 6.07) is 73.2. The topological polar surface area (TPSA) is 38.7 Å². The monoisotopic (exact) mass is 799 g/mol. The average molecular weight is 799 g/mol. The number of hydrogen-bond donors (Lipinski definition) is 0. The van der Waals surface area contributed by atoms with Crippen LogP contribution in [0.2, 0.25) is 0 Å². The van der Waals surface area contributed by atoms with Gasteiger partial charge in [0.2, 0.25) is 0 Å². The third-order valence-electron chi connectivity index (χ3n) is 10.6. The predicted molar refractivity (Wildman–Crippen MR) is 236 cm³/mol. The van der Waals surface area contributed by atoms with Crippen LogP contribution in [-0.4, -0.2) is 30.0 Å². The first-order chi connectivity index (χ1) is 27.6. The molecule has 1 aliphatic rings. The number of fused-ring (bicyclic) bond motifs is 3. The summed E-state index contributed by atoms with van der Waals surface area (Å²) in [5, 5.41) is 4.20. The maximum atomic E-state index is 4.99. The Morgan fingerprint density at radius 1 is 0.268 bits per heavy atom. The van der Waals surface area contributed by atoms with Gasteiger partial charge in [-0.3, -0.25) is 0 Å². The fraction of sp³-hybridized carbons (Fsp3) is 0. The Bertz CT molecular complexity index is 2840. The summed E-state index contributed by atoms with van der Waals surface area (Å²) in [4.78, 5) is 14.9. The Hall–Kier alpha value is -6.28. The first-order valence-corrected chi connectivity index (χ1v) is 22.7. The van der Waals surface area contributed by atoms with E-state index in [-0.39, 0.29) is 0 Å². The van der Waals surface area contributed by atoms with Gasteiger partial charge >= 0.3 is 191 Å². The van der Waals surface area contributed by atoms with Gasteiger partial charge in [-0.25, -0.2) is 15.0 Å². The van der Waals surface area contributed by atoms with E-state index in [2.05, 4.69) is 185 Å². The number of hydrogen-bond acceptors (Lipinski definition) is 3. The van der Waals surface area contributed by atoms with E-state index in [1.165, 1.54) is 43.7 Å². The molecule has 2 heterocycles. The Kier molecular flexibility index (Phi) is 8.81. The molecule has 0 N–H and O–H groups in total. The Morgan fingerprint density at radius 2 is 0.536 bits per heavy atom. The van der Waals surface area contributed by atoms with Crippen LogP contribution in [-0.2, 0) is 0 Å². The quantitative estimate of drug-likeness (QED) is 0.119. The normalized spacial score (nSPS) is 12.5. The summed E-state index contributed by atoms with van der Waals surface area (Å²) in [5.41, 5.74) is 10.7. The van der Waals surface area contributed by atoms with Crippen molar-refractivity contribution in [2.75, 3.05) is 0 Å². The van der Waals surface area contributed by atoms with E-state index in [1.54, 1.807) is 0 Å². The van der Waals surface area contributed by atoms with E-state index >= 15 is 0 Å². The number of benzene rings is 8. The summed E-state index contributed by atoms with van der Waals surface area (Å²) >= 11 is 3.71. The SMILES string of the molecule is [Se]=P1(c2ccc(-c3ccc(-c4ccc(-c5nc(-c6ccccc6)nc(-c6ccc(-c7ccccc7)cc6)n5)cc4)cc3)cc2)c2ccccc2-c2ccccc21. The van der Waals surface area contributed by atoms with Crippen LogP contribution in [0.4, 0.5) is 0 Å². The number of aromatic nitrogens is 3. The van der Waals surface area contributed by atoms with Crippen LogP contribution in [0.25, 0.3) is 78.7 Å². The molecule has 0 saturated carbocycles. The molecular formula is C51H34N3PSe. The minimum absolute atomic E-state index is 0.643. The van der Waals surface area contributed by atoms with Crippen molar-refractivity contribution in [1.29, 1.82) is 0 Å². The van der Waals surface area contributed by atoms with Crippen LogP contribution in [0, 0.1) is 0 Å². The molecule has 0 saturated heterocycles. The van der Waals surface area contributed by atoms with Crippen LogP contribution in [0.5, 0.6) is 0 Å². The molecule has 0 bridgehead atoms. The molecule has 5 heteroatoms. The third-order valence-corrected chi connectivity index (χ3v) is 17.6. The Balaban J connectivity index is 0.916. The summed E-state index contributed by atoms with van der Waals surface area (Å²) in [6.45, 7) is 0. The van der Waals surface area contributed by atoms with Gasteiger partial charge in [0.25, 0.3) is 0 Å². The van der Waals surface area contributed by atoms with Gasteiger partial charge in [0.05, 0.1) is 0 Å². The fourth-order valence-electron chi connectivity index (χ4n) is 7.68. The number of nitrogens with zero attached hydrogens (tertiary/aromatic N) is 3. The second kappa shape index (κ2) is 14.4. The second-order valence-electron chi connectivity index (χ2n) is 14.0. The molecule has 0 spiro atoms. The van der Waals surface area contributed by atoms with E-state index < -0.39 is 5.51 Å². The Morgan fingerprint density at radius 3 is 0.929 bits per heavy atom. The standard InChI is InChI=1S/C51H34N3PSe/c56-55(47-17-9-7-15-45(47)46-16-8-10-18-48(46)55)44-33-31-40(32-34-44)38-21-19-37(20-22-38)39-25-29-43(30-26-39)51-53-49(41-13-5-2-6-14-41)52-50(54-51)42-27-23-36(24-28-42)35-11-3-1-4-12-35/h1-34H. The average Bonchev–Trinajstić information content (AvgIpc) is 3.55. The first kappa shape index (κ1) is 34.2. The summed E-state index contributed by atoms with van der Waals surface area (Å²) < 4.78 is 0. The summed E-state index contributed by atoms with van der Waals surface area (Å²) in [6.07, 6.45) is 0. The van der Waals surface area contributed by atoms with Gasteiger partial charge in [0, 0.05) is 16.7 Å². The van der Waals surface area contributed by atoms with Crippen molar-refractivity contribution in [2.45, 2.75) is 0 Å². The van der Waals surface area contributed by atoms with E-state index in [0.717, 1.165) is 33.4 Å². The van der Waals surface area contributed by atoms with Crippen molar-refractivity contribution < 1.29 is 0 Å². The van der Waals surface area contributed by atoms with E-state index in [0.29, 0.717) is 17.5 Å². The molecule has 10 rings (SSSR count). The zero-order valence-electron chi connectivity index (χ0n) is 30.3.